The van der Waals surface area contributed by atoms with E-state index in [0.717, 1.165) is 26.2 Å². The maximum Gasteiger partial charge on any atom is 0.326 e. The molecule has 0 aliphatic heterocycles. The van der Waals surface area contributed by atoms with E-state index in [-0.39, 0.29) is 24.8 Å². The summed E-state index contributed by atoms with van der Waals surface area (Å²) < 4.78 is 8.46. The van der Waals surface area contributed by atoms with Gasteiger partial charge in [0, 0.05) is 4.88 Å². The number of hydrogen-bond donors (Lipinski definition) is 0. The molecule has 0 atom stereocenters. The van der Waals surface area contributed by atoms with Crippen molar-refractivity contribution < 1.29 is 14.3 Å². The molecule has 27 heavy (non-hydrogen) atoms. The highest BCUT2D eigenvalue weighted by molar-refractivity contribution is 7.16. The van der Waals surface area contributed by atoms with Crippen LogP contribution in [0.4, 0.5) is 0 Å². The minimum absolute atomic E-state index is 0.0211. The molecule has 0 fully saturated rings. The Bertz CT molecular complexity index is 1080. The number of thiophene rings is 1. The lowest BCUT2D eigenvalue weighted by Gasteiger charge is -2.06. The topological polar surface area (TPSA) is 60.7 Å². The molecule has 5 nitrogen and oxygen atoms in total. The summed E-state index contributed by atoms with van der Waals surface area (Å²) in [6.07, 6.45) is 0.184. The van der Waals surface area contributed by atoms with Crippen LogP contribution in [0.2, 0.25) is 4.34 Å². The van der Waals surface area contributed by atoms with Gasteiger partial charge in [-0.2, -0.15) is 4.99 Å². The van der Waals surface area contributed by atoms with E-state index in [1.54, 1.807) is 17.6 Å². The van der Waals surface area contributed by atoms with Crippen LogP contribution in [-0.2, 0) is 27.3 Å². The fourth-order valence-corrected chi connectivity index (χ4v) is 4.84. The number of ether oxygens (including phenoxy) is 1. The molecule has 3 aromatic rings. The number of halogens is 1. The summed E-state index contributed by atoms with van der Waals surface area (Å²) in [6.45, 7) is 6.15. The molecule has 142 valence electrons. The Morgan fingerprint density at radius 3 is 2.59 bits per heavy atom. The number of aryl methyl sites for hydroxylation is 2. The molecule has 3 rings (SSSR count). The van der Waals surface area contributed by atoms with Crippen LogP contribution in [0.1, 0.15) is 22.9 Å². The number of benzene rings is 1. The number of hydrogen-bond acceptors (Lipinski definition) is 5. The minimum Gasteiger partial charge on any atom is -0.465 e. The summed E-state index contributed by atoms with van der Waals surface area (Å²) in [5.74, 6) is -0.625. The molecule has 8 heteroatoms. The average molecular weight is 423 g/mol. The lowest BCUT2D eigenvalue weighted by molar-refractivity contribution is -0.143. The van der Waals surface area contributed by atoms with Gasteiger partial charge in [-0.15, -0.1) is 11.3 Å². The fraction of sp³-hybridized carbons (Fsp3) is 0.316. The van der Waals surface area contributed by atoms with Gasteiger partial charge in [0.25, 0.3) is 5.91 Å². The van der Waals surface area contributed by atoms with E-state index in [0.29, 0.717) is 15.7 Å². The van der Waals surface area contributed by atoms with Gasteiger partial charge in [-0.05, 0) is 56.2 Å². The molecule has 0 bridgehead atoms. The summed E-state index contributed by atoms with van der Waals surface area (Å²) in [5, 5.41) is 0. The van der Waals surface area contributed by atoms with Crippen molar-refractivity contribution in [2.75, 3.05) is 6.61 Å². The van der Waals surface area contributed by atoms with Crippen LogP contribution >= 0.6 is 34.3 Å². The molecule has 0 saturated heterocycles. The molecule has 0 radical (unpaired) electrons. The van der Waals surface area contributed by atoms with E-state index in [1.807, 2.05) is 26.0 Å². The first kappa shape index (κ1) is 19.8. The third-order valence-corrected chi connectivity index (χ3v) is 6.34. The molecule has 0 spiro atoms. The number of carbonyl (C=O) groups excluding carboxylic acids is 2. The van der Waals surface area contributed by atoms with E-state index in [4.69, 9.17) is 16.3 Å². The van der Waals surface area contributed by atoms with Gasteiger partial charge in [0.15, 0.2) is 4.80 Å². The van der Waals surface area contributed by atoms with Gasteiger partial charge in [0.1, 0.15) is 6.54 Å². The van der Waals surface area contributed by atoms with Gasteiger partial charge in [0.2, 0.25) is 0 Å². The summed E-state index contributed by atoms with van der Waals surface area (Å²) in [6, 6.07) is 7.66. The van der Waals surface area contributed by atoms with Crippen molar-refractivity contribution in [1.29, 1.82) is 0 Å². The first-order chi connectivity index (χ1) is 12.9. The zero-order valence-corrected chi connectivity index (χ0v) is 17.6. The molecule has 0 unspecified atom stereocenters. The van der Waals surface area contributed by atoms with Crippen molar-refractivity contribution in [2.45, 2.75) is 33.7 Å². The Hall–Kier alpha value is -1.96. The molecule has 2 aromatic heterocycles. The van der Waals surface area contributed by atoms with Gasteiger partial charge < -0.3 is 9.30 Å². The average Bonchev–Trinajstić information content (AvgIpc) is 3.13. The van der Waals surface area contributed by atoms with Crippen LogP contribution in [0, 0.1) is 13.8 Å². The highest BCUT2D eigenvalue weighted by Gasteiger charge is 2.14. The molecule has 0 saturated carbocycles. The predicted octanol–water partition coefficient (Wildman–Crippen LogP) is 4.27. The van der Waals surface area contributed by atoms with Gasteiger partial charge in [0.05, 0.1) is 27.6 Å². The maximum atomic E-state index is 12.4. The van der Waals surface area contributed by atoms with E-state index < -0.39 is 0 Å². The Kier molecular flexibility index (Phi) is 6.14. The second kappa shape index (κ2) is 8.37. The Balaban J connectivity index is 2.03. The van der Waals surface area contributed by atoms with E-state index >= 15 is 0 Å². The Morgan fingerprint density at radius 1 is 1.19 bits per heavy atom. The standard InChI is InChI=1S/C19H19ClN2O3S2/c1-4-25-18(24)10-22-14-7-11(2)12(3)8-15(14)27-19(22)21-17(23)9-13-5-6-16(20)26-13/h5-8H,4,9-10H2,1-3H3. The Labute approximate surface area is 169 Å². The van der Waals surface area contributed by atoms with Crippen LogP contribution in [0.25, 0.3) is 10.2 Å². The van der Waals surface area contributed by atoms with Crippen molar-refractivity contribution >= 4 is 56.4 Å². The normalized spacial score (nSPS) is 11.9. The van der Waals surface area contributed by atoms with Crippen LogP contribution in [0.3, 0.4) is 0 Å². The number of carbonyl (C=O) groups is 2. The summed E-state index contributed by atoms with van der Waals surface area (Å²) >= 11 is 8.68. The molecule has 1 aromatic carbocycles. The highest BCUT2D eigenvalue weighted by Crippen LogP contribution is 2.23. The number of esters is 1. The van der Waals surface area contributed by atoms with Crippen molar-refractivity contribution in [3.05, 3.63) is 49.4 Å². The third kappa shape index (κ3) is 4.66. The van der Waals surface area contributed by atoms with Crippen molar-refractivity contribution in [3.63, 3.8) is 0 Å². The number of thiazole rings is 1. The molecular formula is C19H19ClN2O3S2. The first-order valence-corrected chi connectivity index (χ1v) is 10.5. The Morgan fingerprint density at radius 2 is 1.93 bits per heavy atom. The lowest BCUT2D eigenvalue weighted by atomic mass is 10.1. The largest absolute Gasteiger partial charge is 0.465 e. The van der Waals surface area contributed by atoms with E-state index in [9.17, 15) is 9.59 Å². The predicted molar refractivity (Wildman–Crippen MR) is 110 cm³/mol. The molecule has 0 aliphatic rings. The molecule has 2 heterocycles. The van der Waals surface area contributed by atoms with Crippen molar-refractivity contribution in [1.82, 2.24) is 4.57 Å². The zero-order chi connectivity index (χ0) is 19.6. The second-order valence-corrected chi connectivity index (χ2v) is 8.88. The van der Waals surface area contributed by atoms with Crippen molar-refractivity contribution in [2.24, 2.45) is 4.99 Å². The van der Waals surface area contributed by atoms with E-state index in [2.05, 4.69) is 11.1 Å². The second-order valence-electron chi connectivity index (χ2n) is 6.07. The van der Waals surface area contributed by atoms with Gasteiger partial charge >= 0.3 is 5.97 Å². The van der Waals surface area contributed by atoms with Gasteiger partial charge in [-0.3, -0.25) is 9.59 Å². The SMILES string of the molecule is CCOC(=O)Cn1c(=NC(=O)Cc2ccc(Cl)s2)sc2cc(C)c(C)cc21. The van der Waals surface area contributed by atoms with Gasteiger partial charge in [-0.1, -0.05) is 22.9 Å². The van der Waals surface area contributed by atoms with Gasteiger partial charge in [-0.25, -0.2) is 0 Å². The number of fused-ring (bicyclic) bond motifs is 1. The summed E-state index contributed by atoms with van der Waals surface area (Å²) in [7, 11) is 0. The number of aromatic nitrogens is 1. The molecular weight excluding hydrogens is 404 g/mol. The van der Waals surface area contributed by atoms with Crippen LogP contribution in [-0.4, -0.2) is 23.1 Å². The molecule has 1 amide bonds. The quantitative estimate of drug-likeness (QED) is 0.577. The lowest BCUT2D eigenvalue weighted by Crippen LogP contribution is -2.23. The number of nitrogens with zero attached hydrogens (tertiary/aromatic N) is 2. The van der Waals surface area contributed by atoms with Crippen LogP contribution < -0.4 is 4.80 Å². The summed E-state index contributed by atoms with van der Waals surface area (Å²) in [5.41, 5.74) is 3.14. The van der Waals surface area contributed by atoms with E-state index in [1.165, 1.54) is 22.7 Å². The minimum atomic E-state index is -0.352. The maximum absolute atomic E-state index is 12.4. The molecule has 0 aliphatic carbocycles. The smallest absolute Gasteiger partial charge is 0.326 e. The van der Waals surface area contributed by atoms with Crippen molar-refractivity contribution in [3.8, 4) is 0 Å². The van der Waals surface area contributed by atoms with Crippen LogP contribution in [0.15, 0.2) is 29.3 Å². The molecule has 0 N–H and O–H groups in total. The number of amides is 1. The fourth-order valence-electron chi connectivity index (χ4n) is 2.64. The van der Waals surface area contributed by atoms with Crippen LogP contribution in [0.5, 0.6) is 0 Å². The number of rotatable bonds is 5. The summed E-state index contributed by atoms with van der Waals surface area (Å²) in [4.78, 5) is 30.1. The monoisotopic (exact) mass is 422 g/mol. The zero-order valence-electron chi connectivity index (χ0n) is 15.2. The first-order valence-electron chi connectivity index (χ1n) is 8.45. The highest BCUT2D eigenvalue weighted by atomic mass is 35.5. The third-order valence-electron chi connectivity index (χ3n) is 4.07.